The number of halogens is 1. The van der Waals surface area contributed by atoms with Crippen molar-refractivity contribution in [3.8, 4) is 0 Å². The van der Waals surface area contributed by atoms with Crippen LogP contribution in [0.25, 0.3) is 0 Å². The van der Waals surface area contributed by atoms with Crippen LogP contribution in [0.1, 0.15) is 17.0 Å². The highest BCUT2D eigenvalue weighted by Gasteiger charge is 2.20. The van der Waals surface area contributed by atoms with Crippen molar-refractivity contribution < 1.29 is 8.42 Å². The first-order chi connectivity index (χ1) is 9.70. The van der Waals surface area contributed by atoms with Gasteiger partial charge in [-0.3, -0.25) is 9.71 Å². The lowest BCUT2D eigenvalue weighted by Gasteiger charge is -2.13. The highest BCUT2D eigenvalue weighted by molar-refractivity contribution is 7.92. The molecule has 0 saturated carbocycles. The van der Waals surface area contributed by atoms with Crippen LogP contribution in [0.5, 0.6) is 0 Å². The lowest BCUT2D eigenvalue weighted by atomic mass is 10.2. The van der Waals surface area contributed by atoms with E-state index in [0.29, 0.717) is 22.6 Å². The Morgan fingerprint density at radius 3 is 2.48 bits per heavy atom. The smallest absolute Gasteiger partial charge is 0.262 e. The summed E-state index contributed by atoms with van der Waals surface area (Å²) in [6.07, 6.45) is 0. The van der Waals surface area contributed by atoms with E-state index in [2.05, 4.69) is 9.71 Å². The maximum absolute atomic E-state index is 12.5. The summed E-state index contributed by atoms with van der Waals surface area (Å²) < 4.78 is 27.5. The summed E-state index contributed by atoms with van der Waals surface area (Å²) in [4.78, 5) is 4.29. The Balaban J connectivity index is 2.48. The standard InChI is InChI=1S/C14H16ClN3O2S/c1-8-4-5-13(10(3)17-8)18-21(19,20)14-7-11(15)6-12(16)9(14)2/h4-7,18H,16H2,1-3H3. The van der Waals surface area contributed by atoms with Gasteiger partial charge >= 0.3 is 0 Å². The number of sulfonamides is 1. The van der Waals surface area contributed by atoms with Crippen molar-refractivity contribution in [3.05, 3.63) is 46.2 Å². The van der Waals surface area contributed by atoms with Gasteiger partial charge in [-0.05, 0) is 50.6 Å². The quantitative estimate of drug-likeness (QED) is 0.849. The van der Waals surface area contributed by atoms with Crippen LogP contribution in [0.3, 0.4) is 0 Å². The summed E-state index contributed by atoms with van der Waals surface area (Å²) in [6.45, 7) is 5.22. The van der Waals surface area contributed by atoms with Gasteiger partial charge in [0.05, 0.1) is 16.3 Å². The fourth-order valence-electron chi connectivity index (χ4n) is 1.95. The number of pyridine rings is 1. The van der Waals surface area contributed by atoms with E-state index < -0.39 is 10.0 Å². The van der Waals surface area contributed by atoms with Gasteiger partial charge in [-0.15, -0.1) is 0 Å². The molecule has 0 aliphatic carbocycles. The maximum atomic E-state index is 12.5. The van der Waals surface area contributed by atoms with E-state index in [1.165, 1.54) is 12.1 Å². The predicted octanol–water partition coefficient (Wildman–Crippen LogP) is 3.04. The zero-order valence-electron chi connectivity index (χ0n) is 11.9. The van der Waals surface area contributed by atoms with Crippen molar-refractivity contribution in [3.63, 3.8) is 0 Å². The molecule has 112 valence electrons. The number of hydrogen-bond donors (Lipinski definition) is 2. The fourth-order valence-corrected chi connectivity index (χ4v) is 3.66. The molecule has 0 radical (unpaired) electrons. The average molecular weight is 326 g/mol. The third kappa shape index (κ3) is 3.28. The lowest BCUT2D eigenvalue weighted by molar-refractivity contribution is 0.600. The van der Waals surface area contributed by atoms with Gasteiger partial charge in [-0.1, -0.05) is 11.6 Å². The Morgan fingerprint density at radius 2 is 1.86 bits per heavy atom. The number of nitrogen functional groups attached to an aromatic ring is 1. The molecule has 0 bridgehead atoms. The monoisotopic (exact) mass is 325 g/mol. The van der Waals surface area contributed by atoms with E-state index in [1.807, 2.05) is 6.92 Å². The average Bonchev–Trinajstić information content (AvgIpc) is 2.37. The van der Waals surface area contributed by atoms with Gasteiger partial charge in [0.2, 0.25) is 0 Å². The molecule has 0 fully saturated rings. The van der Waals surface area contributed by atoms with Crippen molar-refractivity contribution in [2.24, 2.45) is 0 Å². The topological polar surface area (TPSA) is 85.1 Å². The molecule has 1 aromatic heterocycles. The number of rotatable bonds is 3. The zero-order valence-corrected chi connectivity index (χ0v) is 13.5. The lowest BCUT2D eigenvalue weighted by Crippen LogP contribution is -2.16. The molecule has 0 atom stereocenters. The van der Waals surface area contributed by atoms with Gasteiger partial charge < -0.3 is 5.73 Å². The fraction of sp³-hybridized carbons (Fsp3) is 0.214. The number of hydrogen-bond acceptors (Lipinski definition) is 4. The van der Waals surface area contributed by atoms with E-state index in [-0.39, 0.29) is 9.92 Å². The summed E-state index contributed by atoms with van der Waals surface area (Å²) in [7, 11) is -3.78. The van der Waals surface area contributed by atoms with Gasteiger partial charge in [0.25, 0.3) is 10.0 Å². The van der Waals surface area contributed by atoms with Gasteiger partial charge in [-0.2, -0.15) is 0 Å². The van der Waals surface area contributed by atoms with Crippen molar-refractivity contribution in [1.82, 2.24) is 4.98 Å². The first kappa shape index (κ1) is 15.6. The molecular formula is C14H16ClN3O2S. The van der Waals surface area contributed by atoms with Crippen LogP contribution < -0.4 is 10.5 Å². The van der Waals surface area contributed by atoms with Crippen LogP contribution in [0.4, 0.5) is 11.4 Å². The molecule has 7 heteroatoms. The van der Waals surface area contributed by atoms with Crippen LogP contribution in [0.15, 0.2) is 29.2 Å². The van der Waals surface area contributed by atoms with Gasteiger partial charge in [0.1, 0.15) is 0 Å². The van der Waals surface area contributed by atoms with Crippen molar-refractivity contribution in [1.29, 1.82) is 0 Å². The Kier molecular flexibility index (Phi) is 4.11. The minimum atomic E-state index is -3.78. The number of anilines is 2. The van der Waals surface area contributed by atoms with E-state index >= 15 is 0 Å². The Hall–Kier alpha value is -1.79. The molecule has 2 aromatic rings. The van der Waals surface area contributed by atoms with Gasteiger partial charge in [0, 0.05) is 16.4 Å². The highest BCUT2D eigenvalue weighted by Crippen LogP contribution is 2.28. The number of nitrogens with zero attached hydrogens (tertiary/aromatic N) is 1. The van der Waals surface area contributed by atoms with E-state index in [0.717, 1.165) is 5.69 Å². The predicted molar refractivity (Wildman–Crippen MR) is 85.1 cm³/mol. The number of nitrogens with two attached hydrogens (primary N) is 1. The molecular weight excluding hydrogens is 310 g/mol. The highest BCUT2D eigenvalue weighted by atomic mass is 35.5. The van der Waals surface area contributed by atoms with E-state index in [9.17, 15) is 8.42 Å². The van der Waals surface area contributed by atoms with Crippen molar-refractivity contribution in [2.75, 3.05) is 10.5 Å². The SMILES string of the molecule is Cc1ccc(NS(=O)(=O)c2cc(Cl)cc(N)c2C)c(C)n1. The largest absolute Gasteiger partial charge is 0.398 e. The maximum Gasteiger partial charge on any atom is 0.262 e. The molecule has 1 heterocycles. The van der Waals surface area contributed by atoms with Crippen molar-refractivity contribution >= 4 is 33.0 Å². The molecule has 1 aromatic carbocycles. The van der Waals surface area contributed by atoms with E-state index in [1.54, 1.807) is 26.0 Å². The molecule has 0 saturated heterocycles. The molecule has 0 aliphatic heterocycles. The minimum absolute atomic E-state index is 0.0625. The molecule has 0 unspecified atom stereocenters. The molecule has 5 nitrogen and oxygen atoms in total. The van der Waals surface area contributed by atoms with Gasteiger partial charge in [-0.25, -0.2) is 8.42 Å². The third-order valence-corrected chi connectivity index (χ3v) is 4.83. The van der Waals surface area contributed by atoms with Gasteiger partial charge in [0.15, 0.2) is 0 Å². The summed E-state index contributed by atoms with van der Waals surface area (Å²) >= 11 is 5.90. The van der Waals surface area contributed by atoms with Crippen molar-refractivity contribution in [2.45, 2.75) is 25.7 Å². The first-order valence-electron chi connectivity index (χ1n) is 6.23. The summed E-state index contributed by atoms with van der Waals surface area (Å²) in [6, 6.07) is 6.32. The van der Waals surface area contributed by atoms with Crippen LogP contribution in [-0.4, -0.2) is 13.4 Å². The number of aryl methyl sites for hydroxylation is 2. The minimum Gasteiger partial charge on any atom is -0.398 e. The number of nitrogens with one attached hydrogen (secondary N) is 1. The number of aromatic nitrogens is 1. The Bertz CT molecular complexity index is 804. The van der Waals surface area contributed by atoms with Crippen LogP contribution >= 0.6 is 11.6 Å². The molecule has 0 aliphatic rings. The third-order valence-electron chi connectivity index (χ3n) is 3.12. The summed E-state index contributed by atoms with van der Waals surface area (Å²) in [5.74, 6) is 0. The normalized spacial score (nSPS) is 11.4. The first-order valence-corrected chi connectivity index (χ1v) is 8.09. The summed E-state index contributed by atoms with van der Waals surface area (Å²) in [5, 5.41) is 0.275. The summed E-state index contributed by atoms with van der Waals surface area (Å²) in [5.41, 5.74) is 8.42. The zero-order chi connectivity index (χ0) is 15.8. The Labute approximate surface area is 129 Å². The molecule has 3 N–H and O–H groups in total. The van der Waals surface area contributed by atoms with Crippen LogP contribution in [0, 0.1) is 20.8 Å². The second-order valence-corrected chi connectivity index (χ2v) is 6.90. The van der Waals surface area contributed by atoms with Crippen LogP contribution in [0.2, 0.25) is 5.02 Å². The molecule has 2 rings (SSSR count). The molecule has 0 spiro atoms. The second-order valence-electron chi connectivity index (χ2n) is 4.81. The second kappa shape index (κ2) is 5.54. The van der Waals surface area contributed by atoms with Crippen LogP contribution in [-0.2, 0) is 10.0 Å². The number of benzene rings is 1. The Morgan fingerprint density at radius 1 is 1.19 bits per heavy atom. The molecule has 0 amide bonds. The van der Waals surface area contributed by atoms with E-state index in [4.69, 9.17) is 17.3 Å². The molecule has 21 heavy (non-hydrogen) atoms.